The molecule has 11 amide bonds. The molecule has 1 aliphatic heterocycles. The minimum Gasteiger partial charge on any atom is -0.445 e. The summed E-state index contributed by atoms with van der Waals surface area (Å²) in [5, 5.41) is 28.0. The van der Waals surface area contributed by atoms with E-state index in [1.807, 2.05) is 60.5 Å². The summed E-state index contributed by atoms with van der Waals surface area (Å²) in [7, 11) is 3.90. The number of rotatable bonds is 34. The van der Waals surface area contributed by atoms with Crippen LogP contribution < -0.4 is 53.2 Å². The van der Waals surface area contributed by atoms with Gasteiger partial charge in [-0.1, -0.05) is 86.3 Å². The molecular weight excluding hydrogens is 1170 g/mol. The second kappa shape index (κ2) is 34.5. The van der Waals surface area contributed by atoms with E-state index >= 15 is 0 Å². The van der Waals surface area contributed by atoms with E-state index in [0.29, 0.717) is 13.0 Å². The fourth-order valence-corrected chi connectivity index (χ4v) is 11.7. The zero-order valence-corrected chi connectivity index (χ0v) is 56.5. The molecule has 4 rings (SSSR count). The number of alkyl carbamates (subject to hydrolysis) is 1. The number of likely N-dealkylation sites (tertiary alicyclic amines) is 1. The number of carbonyl (C=O) groups excluding carboxylic acids is 11. The highest BCUT2D eigenvalue weighted by molar-refractivity contribution is 6.01. The molecular formula is C66H107FN12O12. The molecule has 0 radical (unpaired) electrons. The van der Waals surface area contributed by atoms with Crippen LogP contribution in [0.15, 0.2) is 36.9 Å². The average molecular weight is 1280 g/mol. The van der Waals surface area contributed by atoms with E-state index in [9.17, 15) is 57.1 Å². The van der Waals surface area contributed by atoms with Gasteiger partial charge in [0, 0.05) is 31.6 Å². The van der Waals surface area contributed by atoms with Crippen molar-refractivity contribution in [2.75, 3.05) is 40.3 Å². The third-order valence-corrected chi connectivity index (χ3v) is 16.8. The number of ether oxygens (including phenoxy) is 1. The van der Waals surface area contributed by atoms with E-state index in [2.05, 4.69) is 59.7 Å². The third kappa shape index (κ3) is 24.4. The van der Waals surface area contributed by atoms with Crippen LogP contribution in [0.2, 0.25) is 0 Å². The summed E-state index contributed by atoms with van der Waals surface area (Å²) >= 11 is 0. The molecule has 24 nitrogen and oxygen atoms in total. The Balaban J connectivity index is 1.46. The van der Waals surface area contributed by atoms with Gasteiger partial charge in [-0.25, -0.2) is 9.18 Å². The highest BCUT2D eigenvalue weighted by Crippen LogP contribution is 2.33. The summed E-state index contributed by atoms with van der Waals surface area (Å²) in [6, 6.07) is -1.95. The van der Waals surface area contributed by atoms with Gasteiger partial charge in [-0.3, -0.25) is 47.9 Å². The summed E-state index contributed by atoms with van der Waals surface area (Å²) in [6.45, 7) is 24.0. The number of nitrogens with zero attached hydrogens (tertiary/aromatic N) is 2. The van der Waals surface area contributed by atoms with Gasteiger partial charge < -0.3 is 67.7 Å². The first-order valence-corrected chi connectivity index (χ1v) is 32.5. The van der Waals surface area contributed by atoms with Crippen LogP contribution in [-0.2, 0) is 47.9 Å². The van der Waals surface area contributed by atoms with Crippen LogP contribution in [0.3, 0.4) is 0 Å². The standard InChI is InChI=1S/C66H107FN12O12/c1-16-33-91-62(90)69-46-37-51(79(38-46)58(86)44-24-26-45(67)27-25-44)57(85)70-47(28-23-43-21-18-17-19-22-43)53(81)71-49(35-41(4)5)55(83)75-64(10,11)60(88)73-48(34-40(2)3)54(82)72-50(36-42(6)7)56(84)76-65(12,13)61(89)77-63(8,9)59(87)68-32-29-52(80)74-66(30-20-31-66)39-78(14)15/h16,24-27,40-43,46-51H,1,17-23,28-39H2,2-15H3,(H,68,87)(H,69,90)(H,70,85)(H,71,81)(H,72,82)(H,73,88)(H,74,80)(H,75,83)(H,76,84)(H,77,89)/t46-,47-,48-,49-,50-,51-/m0/s1. The zero-order chi connectivity index (χ0) is 68.2. The predicted molar refractivity (Wildman–Crippen MR) is 344 cm³/mol. The van der Waals surface area contributed by atoms with E-state index in [4.69, 9.17) is 4.74 Å². The van der Waals surface area contributed by atoms with E-state index in [1.54, 1.807) is 0 Å². The largest absolute Gasteiger partial charge is 0.445 e. The Morgan fingerprint density at radius 1 is 0.670 bits per heavy atom. The van der Waals surface area contributed by atoms with Crippen molar-refractivity contribution in [3.63, 3.8) is 0 Å². The summed E-state index contributed by atoms with van der Waals surface area (Å²) in [4.78, 5) is 157. The summed E-state index contributed by atoms with van der Waals surface area (Å²) in [5.74, 6) is -7.07. The number of halogens is 1. The first kappa shape index (κ1) is 76.3. The molecule has 0 unspecified atom stereocenters. The van der Waals surface area contributed by atoms with Gasteiger partial charge in [0.05, 0.1) is 11.6 Å². The quantitative estimate of drug-likeness (QED) is 0.0424. The van der Waals surface area contributed by atoms with Gasteiger partial charge in [-0.05, 0) is 161 Å². The minimum atomic E-state index is -1.71. The molecule has 25 heteroatoms. The maximum Gasteiger partial charge on any atom is 0.407 e. The van der Waals surface area contributed by atoms with E-state index in [1.165, 1.54) is 64.7 Å². The smallest absolute Gasteiger partial charge is 0.407 e. The zero-order valence-electron chi connectivity index (χ0n) is 56.5. The van der Waals surface area contributed by atoms with Gasteiger partial charge in [0.1, 0.15) is 59.3 Å². The SMILES string of the molecule is C=CCOC(=O)N[C@H]1C[C@@H](C(=O)N[C@@H](CCC2CCCCC2)C(=O)N[C@@H](CC(C)C)C(=O)NC(C)(C)C(=O)N[C@@H](CC(C)C)C(=O)N[C@@H](CC(C)C)C(=O)NC(C)(C)C(=O)NC(C)(C)C(=O)NCCC(=O)NC2(CN(C)C)CCC2)N(C(=O)c2ccc(F)cc2)C1. The van der Waals surface area contributed by atoms with Crippen LogP contribution in [0.5, 0.6) is 0 Å². The van der Waals surface area contributed by atoms with Gasteiger partial charge in [-0.2, -0.15) is 0 Å². The number of likely N-dealkylation sites (N-methyl/N-ethyl adjacent to an activating group) is 1. The van der Waals surface area contributed by atoms with Crippen LogP contribution in [0, 0.1) is 29.5 Å². The van der Waals surface area contributed by atoms with Crippen molar-refractivity contribution in [2.45, 2.75) is 238 Å². The molecule has 510 valence electrons. The first-order valence-electron chi connectivity index (χ1n) is 32.5. The molecule has 1 aromatic rings. The Kier molecular flexibility index (Phi) is 28.9. The molecule has 10 N–H and O–H groups in total. The number of carbonyl (C=O) groups is 11. The molecule has 1 saturated heterocycles. The van der Waals surface area contributed by atoms with Crippen LogP contribution >= 0.6 is 0 Å². The maximum absolute atomic E-state index is 14.7. The van der Waals surface area contributed by atoms with Crippen LogP contribution in [0.4, 0.5) is 9.18 Å². The fourth-order valence-electron chi connectivity index (χ4n) is 11.7. The van der Waals surface area contributed by atoms with Gasteiger partial charge in [0.25, 0.3) is 5.91 Å². The second-order valence-corrected chi connectivity index (χ2v) is 28.4. The number of amides is 11. The van der Waals surface area contributed by atoms with Crippen molar-refractivity contribution < 1.29 is 61.9 Å². The van der Waals surface area contributed by atoms with Crippen molar-refractivity contribution in [2.24, 2.45) is 23.7 Å². The Labute approximate surface area is 538 Å². The van der Waals surface area contributed by atoms with Crippen molar-refractivity contribution in [1.29, 1.82) is 0 Å². The molecule has 3 aliphatic rings. The van der Waals surface area contributed by atoms with Crippen LogP contribution in [0.25, 0.3) is 0 Å². The Morgan fingerprint density at radius 3 is 1.69 bits per heavy atom. The van der Waals surface area contributed by atoms with Crippen LogP contribution in [-0.4, -0.2) is 174 Å². The number of benzene rings is 1. The minimum absolute atomic E-state index is 0.0324. The van der Waals surface area contributed by atoms with Gasteiger partial charge in [-0.15, -0.1) is 0 Å². The van der Waals surface area contributed by atoms with Gasteiger partial charge in [0.2, 0.25) is 53.2 Å². The third-order valence-electron chi connectivity index (χ3n) is 16.8. The molecule has 1 aromatic carbocycles. The topological polar surface area (TPSA) is 324 Å². The van der Waals surface area contributed by atoms with Crippen LogP contribution in [0.1, 0.15) is 190 Å². The molecule has 91 heavy (non-hydrogen) atoms. The van der Waals surface area contributed by atoms with Crippen molar-refractivity contribution >= 4 is 65.2 Å². The number of nitrogens with one attached hydrogen (secondary N) is 10. The van der Waals surface area contributed by atoms with E-state index in [-0.39, 0.29) is 98.9 Å². The lowest BCUT2D eigenvalue weighted by Crippen LogP contribution is -2.65. The highest BCUT2D eigenvalue weighted by Gasteiger charge is 2.44. The second-order valence-electron chi connectivity index (χ2n) is 28.4. The molecule has 2 aliphatic carbocycles. The fraction of sp³-hybridized carbons (Fsp3) is 0.712. The monoisotopic (exact) mass is 1280 g/mol. The van der Waals surface area contributed by atoms with E-state index in [0.717, 1.165) is 63.5 Å². The average Bonchev–Trinajstić information content (AvgIpc) is 1.82. The molecule has 1 heterocycles. The van der Waals surface area contributed by atoms with Crippen molar-refractivity contribution in [3.8, 4) is 0 Å². The lowest BCUT2D eigenvalue weighted by Gasteiger charge is -2.44. The molecule has 2 saturated carbocycles. The van der Waals surface area contributed by atoms with Gasteiger partial charge in [0.15, 0.2) is 0 Å². The molecule has 0 aromatic heterocycles. The van der Waals surface area contributed by atoms with Crippen molar-refractivity contribution in [1.82, 2.24) is 63.0 Å². The summed E-state index contributed by atoms with van der Waals surface area (Å²) in [6.07, 6.45) is 9.48. The molecule has 0 spiro atoms. The Hall–Kier alpha value is -7.18. The predicted octanol–water partition coefficient (Wildman–Crippen LogP) is 4.55. The number of hydrogen-bond acceptors (Lipinski definition) is 13. The maximum atomic E-state index is 14.7. The van der Waals surface area contributed by atoms with E-state index < -0.39 is 118 Å². The molecule has 6 atom stereocenters. The lowest BCUT2D eigenvalue weighted by atomic mass is 9.76. The summed E-state index contributed by atoms with van der Waals surface area (Å²) in [5.41, 5.74) is -4.97. The molecule has 3 fully saturated rings. The highest BCUT2D eigenvalue weighted by atomic mass is 19.1. The Bertz CT molecular complexity index is 2710. The summed E-state index contributed by atoms with van der Waals surface area (Å²) < 4.78 is 19.1. The lowest BCUT2D eigenvalue weighted by molar-refractivity contribution is -0.139. The first-order chi connectivity index (χ1) is 42.5. The number of hydrogen-bond donors (Lipinski definition) is 10. The van der Waals surface area contributed by atoms with Crippen molar-refractivity contribution in [3.05, 3.63) is 48.3 Å². The normalized spacial score (nSPS) is 18.1. The molecule has 0 bridgehead atoms. The Morgan fingerprint density at radius 2 is 1.19 bits per heavy atom. The van der Waals surface area contributed by atoms with Gasteiger partial charge >= 0.3 is 6.09 Å².